The fraction of sp³-hybridized carbons (Fsp3) is 1.00. The predicted molar refractivity (Wildman–Crippen MR) is 82.5 cm³/mol. The monoisotopic (exact) mass is 420 g/mol. The molecule has 18 heavy (non-hydrogen) atoms. The van der Waals surface area contributed by atoms with Gasteiger partial charge < -0.3 is 0 Å². The van der Waals surface area contributed by atoms with Crippen LogP contribution in [0.3, 0.4) is 0 Å². The molecular formula is C12H20O2S2Se2. The Hall–Kier alpha value is 1.66. The van der Waals surface area contributed by atoms with E-state index in [1.54, 1.807) is 0 Å². The zero-order valence-corrected chi connectivity index (χ0v) is 15.5. The molecule has 0 amide bonds. The molecule has 0 saturated carbocycles. The SMILES string of the molecule is C(OCC1CS1)C1C[Se]C(COCC2CS2)[Se]C1. The molecule has 3 aliphatic rings. The first-order chi connectivity index (χ1) is 8.90. The van der Waals surface area contributed by atoms with Gasteiger partial charge in [0.05, 0.1) is 0 Å². The Morgan fingerprint density at radius 1 is 0.833 bits per heavy atom. The van der Waals surface area contributed by atoms with Crippen molar-refractivity contribution in [3.8, 4) is 0 Å². The van der Waals surface area contributed by atoms with Gasteiger partial charge in [0, 0.05) is 0 Å². The van der Waals surface area contributed by atoms with Crippen molar-refractivity contribution in [3.05, 3.63) is 0 Å². The van der Waals surface area contributed by atoms with E-state index < -0.39 is 0 Å². The first-order valence-corrected chi connectivity index (χ1v) is 13.0. The maximum atomic E-state index is 5.83. The second-order valence-corrected chi connectivity index (χ2v) is 14.3. The molecule has 3 heterocycles. The Kier molecular flexibility index (Phi) is 6.17. The average molecular weight is 418 g/mol. The standard InChI is InChI=1S/C12H20O2S2Se2/c1(13-2-10-5-15-10)9-7-17-12(18-8-9)4-14-3-11-6-16-11/h9-12H,1-8H2. The molecule has 104 valence electrons. The summed E-state index contributed by atoms with van der Waals surface area (Å²) in [5.74, 6) is 3.54. The molecule has 3 saturated heterocycles. The van der Waals surface area contributed by atoms with E-state index in [0.717, 1.165) is 76.5 Å². The molecule has 0 aromatic rings. The van der Waals surface area contributed by atoms with Crippen molar-refractivity contribution in [2.75, 3.05) is 37.9 Å². The first-order valence-electron chi connectivity index (χ1n) is 6.52. The molecule has 0 aromatic carbocycles. The maximum absolute atomic E-state index is 5.83. The Bertz CT molecular complexity index is 228. The Labute approximate surface area is 131 Å². The summed E-state index contributed by atoms with van der Waals surface area (Å²) in [5.41, 5.74) is 0. The van der Waals surface area contributed by atoms with E-state index in [4.69, 9.17) is 9.47 Å². The molecule has 3 rings (SSSR count). The van der Waals surface area contributed by atoms with Gasteiger partial charge in [0.2, 0.25) is 0 Å². The van der Waals surface area contributed by atoms with Gasteiger partial charge in [0.15, 0.2) is 0 Å². The van der Waals surface area contributed by atoms with Crippen LogP contribution in [-0.4, -0.2) is 78.3 Å². The fourth-order valence-electron chi connectivity index (χ4n) is 1.77. The predicted octanol–water partition coefficient (Wildman–Crippen LogP) is 1.87. The summed E-state index contributed by atoms with van der Waals surface area (Å²) < 4.78 is 12.6. The Morgan fingerprint density at radius 3 is 1.94 bits per heavy atom. The zero-order chi connectivity index (χ0) is 12.2. The number of hydrogen-bond donors (Lipinski definition) is 0. The van der Waals surface area contributed by atoms with E-state index in [1.165, 1.54) is 22.1 Å². The van der Waals surface area contributed by atoms with E-state index in [2.05, 4.69) is 0 Å². The zero-order valence-electron chi connectivity index (χ0n) is 10.4. The molecule has 6 heteroatoms. The fourth-order valence-corrected chi connectivity index (χ4v) is 10.1. The van der Waals surface area contributed by atoms with Gasteiger partial charge in [-0.25, -0.2) is 0 Å². The second kappa shape index (κ2) is 7.61. The molecule has 2 unspecified atom stereocenters. The van der Waals surface area contributed by atoms with Crippen molar-refractivity contribution in [1.29, 1.82) is 0 Å². The molecule has 0 aliphatic carbocycles. The van der Waals surface area contributed by atoms with Crippen LogP contribution >= 0.6 is 23.5 Å². The minimum absolute atomic E-state index is 0.817. The van der Waals surface area contributed by atoms with Crippen LogP contribution in [0.2, 0.25) is 14.4 Å². The molecule has 0 bridgehead atoms. The van der Waals surface area contributed by atoms with Crippen LogP contribution in [0.4, 0.5) is 0 Å². The molecule has 0 N–H and O–H groups in total. The summed E-state index contributed by atoms with van der Waals surface area (Å²) >= 11 is 5.71. The van der Waals surface area contributed by atoms with Crippen molar-refractivity contribution in [2.45, 2.75) is 24.9 Å². The van der Waals surface area contributed by atoms with E-state index in [9.17, 15) is 0 Å². The van der Waals surface area contributed by atoms with Gasteiger partial charge in [-0.3, -0.25) is 0 Å². The van der Waals surface area contributed by atoms with Crippen molar-refractivity contribution in [1.82, 2.24) is 0 Å². The van der Waals surface area contributed by atoms with Gasteiger partial charge in [0.25, 0.3) is 0 Å². The van der Waals surface area contributed by atoms with Gasteiger partial charge in [0.1, 0.15) is 0 Å². The summed E-state index contributed by atoms with van der Waals surface area (Å²) in [5, 5.41) is 4.54. The molecule has 0 spiro atoms. The van der Waals surface area contributed by atoms with Gasteiger partial charge >= 0.3 is 132 Å². The van der Waals surface area contributed by atoms with Gasteiger partial charge in [-0.15, -0.1) is 0 Å². The third kappa shape index (κ3) is 5.57. The Morgan fingerprint density at radius 2 is 1.39 bits per heavy atom. The molecule has 3 fully saturated rings. The molecule has 0 aromatic heterocycles. The minimum atomic E-state index is 0.817. The number of thioether (sulfide) groups is 2. The van der Waals surface area contributed by atoms with Crippen LogP contribution in [0.5, 0.6) is 0 Å². The third-order valence-electron chi connectivity index (χ3n) is 3.06. The van der Waals surface area contributed by atoms with Gasteiger partial charge in [-0.2, -0.15) is 0 Å². The first kappa shape index (κ1) is 14.6. The van der Waals surface area contributed by atoms with E-state index in [0.29, 0.717) is 0 Å². The summed E-state index contributed by atoms with van der Waals surface area (Å²) in [6.45, 7) is 4.11. The summed E-state index contributed by atoms with van der Waals surface area (Å²) in [6.07, 6.45) is 0. The van der Waals surface area contributed by atoms with Crippen LogP contribution in [0.15, 0.2) is 0 Å². The van der Waals surface area contributed by atoms with E-state index in [-0.39, 0.29) is 0 Å². The van der Waals surface area contributed by atoms with Crippen molar-refractivity contribution >= 4 is 53.4 Å². The normalized spacial score (nSPS) is 38.7. The number of ether oxygens (including phenoxy) is 2. The second-order valence-electron chi connectivity index (χ2n) is 4.95. The molecular weight excluding hydrogens is 398 g/mol. The number of rotatable bonds is 8. The van der Waals surface area contributed by atoms with E-state index in [1.807, 2.05) is 23.5 Å². The van der Waals surface area contributed by atoms with Crippen LogP contribution in [0, 0.1) is 5.92 Å². The van der Waals surface area contributed by atoms with Crippen LogP contribution in [-0.2, 0) is 9.47 Å². The third-order valence-corrected chi connectivity index (χ3v) is 12.8. The summed E-state index contributed by atoms with van der Waals surface area (Å²) in [6, 6.07) is 0. The molecule has 2 nitrogen and oxygen atoms in total. The quantitative estimate of drug-likeness (QED) is 0.443. The van der Waals surface area contributed by atoms with Crippen molar-refractivity contribution < 1.29 is 9.47 Å². The summed E-state index contributed by atoms with van der Waals surface area (Å²) in [7, 11) is 0. The average Bonchev–Trinajstić information content (AvgIpc) is 3.25. The summed E-state index contributed by atoms with van der Waals surface area (Å²) in [4.78, 5) is 0. The van der Waals surface area contributed by atoms with Crippen LogP contribution < -0.4 is 0 Å². The number of hydrogen-bond acceptors (Lipinski definition) is 4. The molecule has 2 atom stereocenters. The van der Waals surface area contributed by atoms with Gasteiger partial charge in [-0.05, 0) is 0 Å². The topological polar surface area (TPSA) is 18.5 Å². The molecule has 3 aliphatic heterocycles. The van der Waals surface area contributed by atoms with Crippen LogP contribution in [0.1, 0.15) is 0 Å². The van der Waals surface area contributed by atoms with Crippen molar-refractivity contribution in [2.24, 2.45) is 5.92 Å². The van der Waals surface area contributed by atoms with Crippen molar-refractivity contribution in [3.63, 3.8) is 0 Å². The van der Waals surface area contributed by atoms with Crippen LogP contribution in [0.25, 0.3) is 0 Å². The molecule has 0 radical (unpaired) electrons. The Balaban J connectivity index is 1.21. The van der Waals surface area contributed by atoms with E-state index >= 15 is 0 Å². The van der Waals surface area contributed by atoms with Gasteiger partial charge in [-0.1, -0.05) is 0 Å².